The monoisotopic (exact) mass is 495 g/mol. The summed E-state index contributed by atoms with van der Waals surface area (Å²) in [5.74, 6) is 2.26. The number of methoxy groups -OCH3 is 2. The zero-order chi connectivity index (χ0) is 22.4. The molecule has 1 amide bonds. The van der Waals surface area contributed by atoms with Crippen molar-refractivity contribution in [1.29, 1.82) is 0 Å². The number of thioether (sulfide) groups is 1. The number of carbonyl (C=O) groups excluding carboxylic acids is 1. The highest BCUT2D eigenvalue weighted by atomic mass is 35.5. The third-order valence-corrected chi connectivity index (χ3v) is 6.83. The molecule has 0 aliphatic carbocycles. The van der Waals surface area contributed by atoms with E-state index in [-0.39, 0.29) is 18.3 Å². The second-order valence-corrected chi connectivity index (χ2v) is 9.47. The minimum Gasteiger partial charge on any atom is -0.495 e. The summed E-state index contributed by atoms with van der Waals surface area (Å²) in [6, 6.07) is 11.5. The molecule has 1 heterocycles. The van der Waals surface area contributed by atoms with E-state index in [4.69, 9.17) is 14.5 Å². The van der Waals surface area contributed by atoms with Gasteiger partial charge in [-0.25, -0.2) is 4.98 Å². The Morgan fingerprint density at radius 3 is 2.41 bits per heavy atom. The van der Waals surface area contributed by atoms with Crippen LogP contribution >= 0.6 is 35.5 Å². The third-order valence-electron chi connectivity index (χ3n) is 4.78. The molecule has 0 aliphatic rings. The molecule has 0 aliphatic heterocycles. The van der Waals surface area contributed by atoms with Gasteiger partial charge in [0.1, 0.15) is 21.7 Å². The van der Waals surface area contributed by atoms with Crippen LogP contribution in [0.2, 0.25) is 0 Å². The average Bonchev–Trinajstić information content (AvgIpc) is 3.21. The molecule has 2 aromatic carbocycles. The number of fused-ring (bicyclic) bond motifs is 1. The van der Waals surface area contributed by atoms with E-state index < -0.39 is 0 Å². The molecule has 0 saturated carbocycles. The molecular formula is C23H30ClN3O3S2. The second kappa shape index (κ2) is 12.3. The van der Waals surface area contributed by atoms with Crippen LogP contribution in [0.5, 0.6) is 11.5 Å². The fourth-order valence-corrected chi connectivity index (χ4v) is 5.18. The maximum atomic E-state index is 13.7. The molecule has 0 N–H and O–H groups in total. The van der Waals surface area contributed by atoms with Crippen molar-refractivity contribution in [2.75, 3.05) is 52.1 Å². The Hall–Kier alpha value is -2.00. The van der Waals surface area contributed by atoms with Crippen molar-refractivity contribution < 1.29 is 14.3 Å². The minimum absolute atomic E-state index is 0. The molecule has 3 aromatic rings. The number of rotatable bonds is 10. The Kier molecular flexibility index (Phi) is 10.1. The summed E-state index contributed by atoms with van der Waals surface area (Å²) in [5, 5.41) is 0.651. The quantitative estimate of drug-likeness (QED) is 0.349. The summed E-state index contributed by atoms with van der Waals surface area (Å²) in [6.07, 6.45) is 0.839. The second-order valence-electron chi connectivity index (χ2n) is 7.19. The van der Waals surface area contributed by atoms with Crippen molar-refractivity contribution >= 4 is 56.8 Å². The van der Waals surface area contributed by atoms with Crippen LogP contribution in [0.25, 0.3) is 10.2 Å². The molecule has 3 rings (SSSR count). The molecule has 0 unspecified atom stereocenters. The standard InChI is InChI=1S/C23H29N3O3S2.ClH/c1-6-30-19-11-8-7-10-16(19)22(27)26(15-9-14-25(2)3)23-24-20-17(28-4)12-13-18(29-5)21(20)31-23;/h7-8,10-13H,6,9,14-15H2,1-5H3;1H. The van der Waals surface area contributed by atoms with Gasteiger partial charge in [-0.3, -0.25) is 9.69 Å². The van der Waals surface area contributed by atoms with Crippen molar-refractivity contribution in [2.24, 2.45) is 0 Å². The van der Waals surface area contributed by atoms with E-state index in [1.165, 1.54) is 11.3 Å². The van der Waals surface area contributed by atoms with Gasteiger partial charge in [0, 0.05) is 11.4 Å². The van der Waals surface area contributed by atoms with Gasteiger partial charge in [0.25, 0.3) is 5.91 Å². The Morgan fingerprint density at radius 2 is 1.75 bits per heavy atom. The molecule has 0 fully saturated rings. The number of halogens is 1. The molecule has 0 atom stereocenters. The van der Waals surface area contributed by atoms with Crippen LogP contribution < -0.4 is 14.4 Å². The van der Waals surface area contributed by atoms with Crippen LogP contribution in [-0.4, -0.2) is 62.9 Å². The molecular weight excluding hydrogens is 466 g/mol. The first-order valence-corrected chi connectivity index (χ1v) is 12.0. The maximum Gasteiger partial charge on any atom is 0.261 e. The van der Waals surface area contributed by atoms with E-state index in [1.54, 1.807) is 30.9 Å². The predicted octanol–water partition coefficient (Wildman–Crippen LogP) is 5.45. The SMILES string of the molecule is CCSc1ccccc1C(=O)N(CCCN(C)C)c1nc2c(OC)ccc(OC)c2s1.Cl. The minimum atomic E-state index is -0.0349. The Bertz CT molecular complexity index is 1000. The van der Waals surface area contributed by atoms with E-state index in [9.17, 15) is 4.79 Å². The normalized spacial score (nSPS) is 10.8. The molecule has 0 saturated heterocycles. The van der Waals surface area contributed by atoms with Gasteiger partial charge >= 0.3 is 0 Å². The lowest BCUT2D eigenvalue weighted by atomic mass is 10.2. The zero-order valence-corrected chi connectivity index (χ0v) is 21.5. The number of benzene rings is 2. The lowest BCUT2D eigenvalue weighted by molar-refractivity contribution is 0.0983. The lowest BCUT2D eigenvalue weighted by Crippen LogP contribution is -2.33. The van der Waals surface area contributed by atoms with Crippen LogP contribution in [0.15, 0.2) is 41.3 Å². The fourth-order valence-electron chi connectivity index (χ4n) is 3.29. The zero-order valence-electron chi connectivity index (χ0n) is 19.1. The van der Waals surface area contributed by atoms with Crippen LogP contribution in [0.1, 0.15) is 23.7 Å². The molecule has 174 valence electrons. The van der Waals surface area contributed by atoms with Crippen molar-refractivity contribution in [3.05, 3.63) is 42.0 Å². The van der Waals surface area contributed by atoms with Gasteiger partial charge < -0.3 is 14.4 Å². The van der Waals surface area contributed by atoms with E-state index in [2.05, 4.69) is 11.8 Å². The fraction of sp³-hybridized carbons (Fsp3) is 0.391. The van der Waals surface area contributed by atoms with Crippen molar-refractivity contribution in [1.82, 2.24) is 9.88 Å². The van der Waals surface area contributed by atoms with Crippen LogP contribution in [0.3, 0.4) is 0 Å². The summed E-state index contributed by atoms with van der Waals surface area (Å²) in [7, 11) is 7.33. The number of anilines is 1. The number of aromatic nitrogens is 1. The van der Waals surface area contributed by atoms with Gasteiger partial charge in [-0.05, 0) is 57.1 Å². The molecule has 6 nitrogen and oxygen atoms in total. The summed E-state index contributed by atoms with van der Waals surface area (Å²) < 4.78 is 11.9. The molecule has 9 heteroatoms. The van der Waals surface area contributed by atoms with Crippen LogP contribution in [0, 0.1) is 0 Å². The summed E-state index contributed by atoms with van der Waals surface area (Å²) >= 11 is 3.13. The largest absolute Gasteiger partial charge is 0.495 e. The van der Waals surface area contributed by atoms with Crippen molar-refractivity contribution in [2.45, 2.75) is 18.2 Å². The van der Waals surface area contributed by atoms with Crippen LogP contribution in [0.4, 0.5) is 5.13 Å². The first-order chi connectivity index (χ1) is 15.0. The molecule has 1 aromatic heterocycles. The van der Waals surface area contributed by atoms with E-state index in [0.29, 0.717) is 28.5 Å². The predicted molar refractivity (Wildman–Crippen MR) is 138 cm³/mol. The number of hydrogen-bond donors (Lipinski definition) is 0. The highest BCUT2D eigenvalue weighted by Gasteiger charge is 2.25. The summed E-state index contributed by atoms with van der Waals surface area (Å²) in [6.45, 7) is 3.55. The third kappa shape index (κ3) is 5.86. The van der Waals surface area contributed by atoms with E-state index >= 15 is 0 Å². The van der Waals surface area contributed by atoms with Gasteiger partial charge in [0.15, 0.2) is 5.13 Å². The number of hydrogen-bond acceptors (Lipinski definition) is 7. The van der Waals surface area contributed by atoms with E-state index in [1.807, 2.05) is 50.5 Å². The number of amides is 1. The smallest absolute Gasteiger partial charge is 0.261 e. The highest BCUT2D eigenvalue weighted by molar-refractivity contribution is 7.99. The molecule has 0 bridgehead atoms. The topological polar surface area (TPSA) is 54.9 Å². The van der Waals surface area contributed by atoms with Crippen LogP contribution in [-0.2, 0) is 0 Å². The average molecular weight is 496 g/mol. The molecule has 0 radical (unpaired) electrons. The van der Waals surface area contributed by atoms with Gasteiger partial charge in [-0.2, -0.15) is 0 Å². The van der Waals surface area contributed by atoms with Gasteiger partial charge in [0.2, 0.25) is 0 Å². The molecule has 0 spiro atoms. The van der Waals surface area contributed by atoms with Crippen molar-refractivity contribution in [3.8, 4) is 11.5 Å². The highest BCUT2D eigenvalue weighted by Crippen LogP contribution is 2.40. The summed E-state index contributed by atoms with van der Waals surface area (Å²) in [4.78, 5) is 23.4. The number of carbonyl (C=O) groups is 1. The van der Waals surface area contributed by atoms with Crippen molar-refractivity contribution in [3.63, 3.8) is 0 Å². The number of thiazole rings is 1. The Balaban J connectivity index is 0.00000363. The number of nitrogens with zero attached hydrogens (tertiary/aromatic N) is 3. The van der Waals surface area contributed by atoms with Gasteiger partial charge in [-0.15, -0.1) is 24.2 Å². The number of ether oxygens (including phenoxy) is 2. The Labute approximate surface area is 204 Å². The lowest BCUT2D eigenvalue weighted by Gasteiger charge is -2.22. The maximum absolute atomic E-state index is 13.7. The first-order valence-electron chi connectivity index (χ1n) is 10.2. The molecule has 32 heavy (non-hydrogen) atoms. The first kappa shape index (κ1) is 26.3. The van der Waals surface area contributed by atoms with E-state index in [0.717, 1.165) is 34.1 Å². The summed E-state index contributed by atoms with van der Waals surface area (Å²) in [5.41, 5.74) is 1.42. The van der Waals surface area contributed by atoms with Gasteiger partial charge in [0.05, 0.1) is 19.8 Å². The Morgan fingerprint density at radius 1 is 1.06 bits per heavy atom. The van der Waals surface area contributed by atoms with Gasteiger partial charge in [-0.1, -0.05) is 30.4 Å².